The Morgan fingerprint density at radius 1 is 1.15 bits per heavy atom. The zero-order valence-corrected chi connectivity index (χ0v) is 15.4. The molecule has 5 nitrogen and oxygen atoms in total. The minimum Gasteiger partial charge on any atom is -0.394 e. The van der Waals surface area contributed by atoms with Crippen LogP contribution in [-0.4, -0.2) is 22.6 Å². The number of rotatable bonds is 5. The number of carbonyl (C=O) groups excluding carboxylic acids is 1. The number of allylic oxidation sites excluding steroid dienone is 1. The number of hydrogen-bond donors (Lipinski definition) is 1. The van der Waals surface area contributed by atoms with Crippen LogP contribution in [0.4, 0.5) is 0 Å². The lowest BCUT2D eigenvalue weighted by molar-refractivity contribution is 0.102. The molecule has 0 saturated heterocycles. The zero-order valence-electron chi connectivity index (χ0n) is 15.4. The van der Waals surface area contributed by atoms with Crippen LogP contribution in [0.25, 0.3) is 5.69 Å². The van der Waals surface area contributed by atoms with Gasteiger partial charge in [-0.2, -0.15) is 5.10 Å². The SMILES string of the molecule is CN/C=C(\C)C(=O)c1nn(-c2ccc(C3CCCCC3)cc2)ccc1=O. The van der Waals surface area contributed by atoms with E-state index in [1.165, 1.54) is 43.7 Å². The summed E-state index contributed by atoms with van der Waals surface area (Å²) in [7, 11) is 1.71. The first kappa shape index (κ1) is 18.1. The predicted octanol–water partition coefficient (Wildman–Crippen LogP) is 3.59. The Kier molecular flexibility index (Phi) is 5.66. The number of Topliss-reactive ketones (excluding diaryl/α,β-unsaturated/α-hetero) is 1. The number of nitrogens with one attached hydrogen (secondary N) is 1. The Morgan fingerprint density at radius 3 is 2.50 bits per heavy atom. The summed E-state index contributed by atoms with van der Waals surface area (Å²) in [6.07, 6.45) is 9.63. The van der Waals surface area contributed by atoms with Crippen molar-refractivity contribution in [3.63, 3.8) is 0 Å². The Bertz CT molecular complexity index is 860. The van der Waals surface area contributed by atoms with Crippen LogP contribution in [0.1, 0.15) is 61.0 Å². The van der Waals surface area contributed by atoms with Gasteiger partial charge in [0, 0.05) is 31.1 Å². The predicted molar refractivity (Wildman–Crippen MR) is 103 cm³/mol. The fraction of sp³-hybridized carbons (Fsp3) is 0.381. The van der Waals surface area contributed by atoms with Gasteiger partial charge >= 0.3 is 0 Å². The van der Waals surface area contributed by atoms with Gasteiger partial charge in [-0.15, -0.1) is 0 Å². The molecule has 1 heterocycles. The van der Waals surface area contributed by atoms with Gasteiger partial charge in [0.15, 0.2) is 5.69 Å². The van der Waals surface area contributed by atoms with E-state index in [9.17, 15) is 9.59 Å². The molecule has 26 heavy (non-hydrogen) atoms. The third-order valence-electron chi connectivity index (χ3n) is 4.98. The van der Waals surface area contributed by atoms with Crippen LogP contribution in [0, 0.1) is 0 Å². The molecule has 0 unspecified atom stereocenters. The molecule has 0 amide bonds. The normalized spacial score (nSPS) is 15.7. The second kappa shape index (κ2) is 8.13. The van der Waals surface area contributed by atoms with Crippen molar-refractivity contribution in [2.75, 3.05) is 7.05 Å². The molecule has 2 aromatic rings. The lowest BCUT2D eigenvalue weighted by Crippen LogP contribution is -2.21. The van der Waals surface area contributed by atoms with Crippen molar-refractivity contribution in [3.8, 4) is 5.69 Å². The van der Waals surface area contributed by atoms with E-state index in [1.54, 1.807) is 31.1 Å². The molecule has 1 aromatic heterocycles. The van der Waals surface area contributed by atoms with Gasteiger partial charge in [0.1, 0.15) is 0 Å². The van der Waals surface area contributed by atoms with E-state index in [0.29, 0.717) is 11.5 Å². The molecule has 0 spiro atoms. The van der Waals surface area contributed by atoms with Crippen LogP contribution in [0.5, 0.6) is 0 Å². The third-order valence-corrected chi connectivity index (χ3v) is 4.98. The molecule has 1 aliphatic carbocycles. The van der Waals surface area contributed by atoms with E-state index in [0.717, 1.165) is 5.69 Å². The first-order valence-electron chi connectivity index (χ1n) is 9.19. The van der Waals surface area contributed by atoms with E-state index in [-0.39, 0.29) is 16.9 Å². The molecule has 1 N–H and O–H groups in total. The summed E-state index contributed by atoms with van der Waals surface area (Å²) in [6.45, 7) is 1.66. The summed E-state index contributed by atoms with van der Waals surface area (Å²) in [5.74, 6) is 0.281. The summed E-state index contributed by atoms with van der Waals surface area (Å²) in [6, 6.07) is 9.68. The van der Waals surface area contributed by atoms with Crippen molar-refractivity contribution >= 4 is 5.78 Å². The molecule has 5 heteroatoms. The lowest BCUT2D eigenvalue weighted by atomic mass is 9.84. The van der Waals surface area contributed by atoms with Gasteiger partial charge in [-0.25, -0.2) is 4.68 Å². The topological polar surface area (TPSA) is 64.0 Å². The quantitative estimate of drug-likeness (QED) is 0.660. The minimum absolute atomic E-state index is 0.0622. The lowest BCUT2D eigenvalue weighted by Gasteiger charge is -2.22. The van der Waals surface area contributed by atoms with Crippen LogP contribution in [0.2, 0.25) is 0 Å². The molecule has 0 atom stereocenters. The molecule has 0 aliphatic heterocycles. The summed E-state index contributed by atoms with van der Waals surface area (Å²) in [5.41, 5.74) is 2.22. The van der Waals surface area contributed by atoms with E-state index >= 15 is 0 Å². The van der Waals surface area contributed by atoms with Crippen molar-refractivity contribution in [1.29, 1.82) is 0 Å². The van der Waals surface area contributed by atoms with E-state index in [1.807, 2.05) is 12.1 Å². The molecule has 1 fully saturated rings. The van der Waals surface area contributed by atoms with Gasteiger partial charge in [0.05, 0.1) is 5.69 Å². The highest BCUT2D eigenvalue weighted by Gasteiger charge is 2.17. The molecule has 1 saturated carbocycles. The Hall–Kier alpha value is -2.69. The van der Waals surface area contributed by atoms with Crippen LogP contribution in [0.15, 0.2) is 53.1 Å². The zero-order chi connectivity index (χ0) is 18.5. The van der Waals surface area contributed by atoms with Gasteiger partial charge in [-0.05, 0) is 43.4 Å². The summed E-state index contributed by atoms with van der Waals surface area (Å²) >= 11 is 0. The Morgan fingerprint density at radius 2 is 1.85 bits per heavy atom. The second-order valence-electron chi connectivity index (χ2n) is 6.84. The standard InChI is InChI=1S/C21H25N3O2/c1-15(14-22-2)21(26)20-19(25)12-13-24(23-20)18-10-8-17(9-11-18)16-6-4-3-5-7-16/h8-14,16,22H,3-7H2,1-2H3/b15-14+. The van der Waals surface area contributed by atoms with Gasteiger partial charge in [0.25, 0.3) is 0 Å². The molecule has 0 radical (unpaired) electrons. The number of nitrogens with zero attached hydrogens (tertiary/aromatic N) is 2. The summed E-state index contributed by atoms with van der Waals surface area (Å²) < 4.78 is 1.59. The van der Waals surface area contributed by atoms with Crippen LogP contribution < -0.4 is 10.7 Å². The number of hydrogen-bond acceptors (Lipinski definition) is 4. The van der Waals surface area contributed by atoms with Crippen LogP contribution in [0.3, 0.4) is 0 Å². The van der Waals surface area contributed by atoms with Gasteiger partial charge in [0.2, 0.25) is 11.2 Å². The van der Waals surface area contributed by atoms with E-state index in [2.05, 4.69) is 22.5 Å². The number of aromatic nitrogens is 2. The number of carbonyl (C=O) groups is 1. The molecular weight excluding hydrogens is 326 g/mol. The van der Waals surface area contributed by atoms with Crippen molar-refractivity contribution < 1.29 is 4.79 Å². The first-order chi connectivity index (χ1) is 12.6. The van der Waals surface area contributed by atoms with Gasteiger partial charge in [-0.1, -0.05) is 31.4 Å². The monoisotopic (exact) mass is 351 g/mol. The van der Waals surface area contributed by atoms with Crippen molar-refractivity contribution in [2.24, 2.45) is 0 Å². The highest BCUT2D eigenvalue weighted by molar-refractivity contribution is 6.06. The highest BCUT2D eigenvalue weighted by atomic mass is 16.1. The molecule has 3 rings (SSSR count). The smallest absolute Gasteiger partial charge is 0.214 e. The molecule has 1 aliphatic rings. The third kappa shape index (κ3) is 3.93. The highest BCUT2D eigenvalue weighted by Crippen LogP contribution is 2.32. The average Bonchev–Trinajstić information content (AvgIpc) is 2.69. The largest absolute Gasteiger partial charge is 0.394 e. The fourth-order valence-corrected chi connectivity index (χ4v) is 3.51. The summed E-state index contributed by atoms with van der Waals surface area (Å²) in [5, 5.41) is 7.08. The molecule has 136 valence electrons. The maximum atomic E-state index is 12.4. The molecular formula is C21H25N3O2. The van der Waals surface area contributed by atoms with Gasteiger partial charge in [-0.3, -0.25) is 9.59 Å². The van der Waals surface area contributed by atoms with Crippen LogP contribution in [-0.2, 0) is 0 Å². The van der Waals surface area contributed by atoms with Crippen molar-refractivity contribution in [2.45, 2.75) is 44.9 Å². The number of benzene rings is 1. The van der Waals surface area contributed by atoms with E-state index < -0.39 is 0 Å². The Balaban J connectivity index is 1.87. The minimum atomic E-state index is -0.367. The van der Waals surface area contributed by atoms with Crippen molar-refractivity contribution in [3.05, 3.63) is 69.8 Å². The molecule has 1 aromatic carbocycles. The molecule has 0 bridgehead atoms. The van der Waals surface area contributed by atoms with Crippen molar-refractivity contribution in [1.82, 2.24) is 15.1 Å². The fourth-order valence-electron chi connectivity index (χ4n) is 3.51. The second-order valence-corrected chi connectivity index (χ2v) is 6.84. The summed E-state index contributed by atoms with van der Waals surface area (Å²) in [4.78, 5) is 24.5. The van der Waals surface area contributed by atoms with Crippen LogP contribution >= 0.6 is 0 Å². The van der Waals surface area contributed by atoms with Gasteiger partial charge < -0.3 is 5.32 Å². The van der Waals surface area contributed by atoms with E-state index in [4.69, 9.17) is 0 Å². The first-order valence-corrected chi connectivity index (χ1v) is 9.19. The number of ketones is 1. The maximum Gasteiger partial charge on any atom is 0.214 e. The Labute approximate surface area is 153 Å². The average molecular weight is 351 g/mol. The maximum absolute atomic E-state index is 12.4.